The number of aliphatic carboxylic acids is 1. The van der Waals surface area contributed by atoms with Crippen molar-refractivity contribution in [3.63, 3.8) is 0 Å². The number of nitrogens with one attached hydrogen (secondary N) is 1. The Labute approximate surface area is 132 Å². The summed E-state index contributed by atoms with van der Waals surface area (Å²) in [5.41, 5.74) is 0.948. The van der Waals surface area contributed by atoms with Crippen molar-refractivity contribution in [2.75, 3.05) is 6.61 Å². The zero-order valence-electron chi connectivity index (χ0n) is 12.5. The second-order valence-electron chi connectivity index (χ2n) is 4.79. The highest BCUT2D eigenvalue weighted by molar-refractivity contribution is 5.99. The molecule has 1 aromatic carbocycles. The van der Waals surface area contributed by atoms with Gasteiger partial charge in [-0.25, -0.2) is 4.79 Å². The average molecular weight is 316 g/mol. The summed E-state index contributed by atoms with van der Waals surface area (Å²) >= 11 is 0. The summed E-state index contributed by atoms with van der Waals surface area (Å²) in [6.07, 6.45) is 0.927. The van der Waals surface area contributed by atoms with Gasteiger partial charge >= 0.3 is 11.9 Å². The summed E-state index contributed by atoms with van der Waals surface area (Å²) < 4.78 is 4.70. The maximum atomic E-state index is 12.2. The molecule has 0 aliphatic heterocycles. The van der Waals surface area contributed by atoms with Gasteiger partial charge in [-0.05, 0) is 19.1 Å². The number of carbonyl (C=O) groups excluding carboxylic acids is 2. The van der Waals surface area contributed by atoms with E-state index in [1.807, 2.05) is 12.1 Å². The lowest BCUT2D eigenvalue weighted by molar-refractivity contribution is -0.149. The van der Waals surface area contributed by atoms with Crippen molar-refractivity contribution in [2.45, 2.75) is 19.4 Å². The predicted octanol–water partition coefficient (Wildman–Crippen LogP) is 1.37. The van der Waals surface area contributed by atoms with Crippen LogP contribution >= 0.6 is 0 Å². The largest absolute Gasteiger partial charge is 0.480 e. The lowest BCUT2D eigenvalue weighted by atomic mass is 10.1. The third-order valence-electron chi connectivity index (χ3n) is 3.13. The van der Waals surface area contributed by atoms with Crippen molar-refractivity contribution in [3.05, 3.63) is 42.1 Å². The fourth-order valence-electron chi connectivity index (χ4n) is 2.02. The van der Waals surface area contributed by atoms with Crippen molar-refractivity contribution in [1.29, 1.82) is 0 Å². The number of hydrogen-bond donors (Lipinski definition) is 2. The number of carboxylic acid groups (broad SMARTS) is 1. The zero-order valence-corrected chi connectivity index (χ0v) is 12.5. The number of carboxylic acids is 1. The molecule has 23 heavy (non-hydrogen) atoms. The molecule has 0 fully saturated rings. The van der Waals surface area contributed by atoms with E-state index in [-0.39, 0.29) is 12.2 Å². The van der Waals surface area contributed by atoms with E-state index in [0.29, 0.717) is 0 Å². The number of para-hydroxylation sites is 1. The molecule has 0 aliphatic carbocycles. The number of rotatable bonds is 6. The minimum atomic E-state index is -1.35. The monoisotopic (exact) mass is 316 g/mol. The molecule has 0 saturated heterocycles. The summed E-state index contributed by atoms with van der Waals surface area (Å²) in [6.45, 7) is 1.76. The highest BCUT2D eigenvalue weighted by Gasteiger charge is 2.24. The molecule has 0 spiro atoms. The average Bonchev–Trinajstić information content (AvgIpc) is 2.53. The zero-order chi connectivity index (χ0) is 16.8. The van der Waals surface area contributed by atoms with Gasteiger partial charge in [0, 0.05) is 11.6 Å². The number of hydrogen-bond acceptors (Lipinski definition) is 5. The molecule has 0 aliphatic rings. The Morgan fingerprint density at radius 1 is 1.30 bits per heavy atom. The number of nitrogens with zero attached hydrogens (tertiary/aromatic N) is 1. The second kappa shape index (κ2) is 7.35. The molecule has 0 saturated carbocycles. The Hall–Kier alpha value is -2.96. The molecular weight excluding hydrogens is 300 g/mol. The Morgan fingerprint density at radius 3 is 2.74 bits per heavy atom. The van der Waals surface area contributed by atoms with Gasteiger partial charge in [-0.15, -0.1) is 0 Å². The summed E-state index contributed by atoms with van der Waals surface area (Å²) in [6, 6.07) is 7.50. The SMILES string of the molecule is CCOC(=O)C[C@H](NC(=O)c1cnc2ccccc2c1)C(=O)O. The molecule has 0 bridgehead atoms. The molecule has 1 amide bonds. The molecule has 0 unspecified atom stereocenters. The van der Waals surface area contributed by atoms with Crippen molar-refractivity contribution in [2.24, 2.45) is 0 Å². The van der Waals surface area contributed by atoms with E-state index in [4.69, 9.17) is 9.84 Å². The Bertz CT molecular complexity index is 744. The summed E-state index contributed by atoms with van der Waals surface area (Å²) in [5.74, 6) is -2.60. The van der Waals surface area contributed by atoms with Gasteiger partial charge in [0.15, 0.2) is 0 Å². The smallest absolute Gasteiger partial charge is 0.326 e. The van der Waals surface area contributed by atoms with Crippen molar-refractivity contribution >= 4 is 28.7 Å². The Morgan fingerprint density at radius 2 is 2.04 bits per heavy atom. The first-order chi connectivity index (χ1) is 11.0. The molecule has 7 heteroatoms. The lowest BCUT2D eigenvalue weighted by Gasteiger charge is -2.13. The molecule has 2 rings (SSSR count). The third-order valence-corrected chi connectivity index (χ3v) is 3.13. The van der Waals surface area contributed by atoms with Gasteiger partial charge in [0.2, 0.25) is 0 Å². The first kappa shape index (κ1) is 16.4. The lowest BCUT2D eigenvalue weighted by Crippen LogP contribution is -2.42. The number of benzene rings is 1. The number of carbonyl (C=O) groups is 3. The Balaban J connectivity index is 2.13. The van der Waals surface area contributed by atoms with Gasteiger partial charge in [-0.3, -0.25) is 14.6 Å². The quantitative estimate of drug-likeness (QED) is 0.780. The minimum absolute atomic E-state index is 0.147. The molecule has 0 radical (unpaired) electrons. The van der Waals surface area contributed by atoms with E-state index in [1.54, 1.807) is 25.1 Å². The molecule has 2 aromatic rings. The number of aromatic nitrogens is 1. The standard InChI is InChI=1S/C16H16N2O5/c1-2-23-14(19)8-13(16(21)22)18-15(20)11-7-10-5-3-4-6-12(10)17-9-11/h3-7,9,13H,2,8H2,1H3,(H,18,20)(H,21,22)/t13-/m0/s1. The van der Waals surface area contributed by atoms with Crippen LogP contribution in [0.4, 0.5) is 0 Å². The van der Waals surface area contributed by atoms with Crippen LogP contribution < -0.4 is 5.32 Å². The van der Waals surface area contributed by atoms with Gasteiger partial charge < -0.3 is 15.2 Å². The highest BCUT2D eigenvalue weighted by Crippen LogP contribution is 2.13. The topological polar surface area (TPSA) is 106 Å². The van der Waals surface area contributed by atoms with E-state index in [1.165, 1.54) is 6.20 Å². The summed E-state index contributed by atoms with van der Waals surface area (Å²) in [5, 5.41) is 12.2. The normalized spacial score (nSPS) is 11.7. The van der Waals surface area contributed by atoms with Crippen LogP contribution in [-0.2, 0) is 14.3 Å². The van der Waals surface area contributed by atoms with E-state index in [0.717, 1.165) is 10.9 Å². The predicted molar refractivity (Wildman–Crippen MR) is 81.9 cm³/mol. The van der Waals surface area contributed by atoms with Crippen LogP contribution in [0.1, 0.15) is 23.7 Å². The second-order valence-corrected chi connectivity index (χ2v) is 4.79. The number of esters is 1. The molecule has 1 heterocycles. The van der Waals surface area contributed by atoms with E-state index in [2.05, 4.69) is 10.3 Å². The fourth-order valence-corrected chi connectivity index (χ4v) is 2.02. The van der Waals surface area contributed by atoms with Crippen LogP contribution in [0.5, 0.6) is 0 Å². The maximum Gasteiger partial charge on any atom is 0.326 e. The molecule has 120 valence electrons. The van der Waals surface area contributed by atoms with Gasteiger partial charge in [0.05, 0.1) is 24.1 Å². The molecule has 7 nitrogen and oxygen atoms in total. The number of amides is 1. The van der Waals surface area contributed by atoms with Gasteiger partial charge in [0.1, 0.15) is 6.04 Å². The van der Waals surface area contributed by atoms with Gasteiger partial charge in [-0.2, -0.15) is 0 Å². The first-order valence-corrected chi connectivity index (χ1v) is 7.05. The van der Waals surface area contributed by atoms with Crippen molar-refractivity contribution in [3.8, 4) is 0 Å². The van der Waals surface area contributed by atoms with Crippen LogP contribution in [-0.4, -0.2) is 40.6 Å². The van der Waals surface area contributed by atoms with Crippen LogP contribution in [0.25, 0.3) is 10.9 Å². The highest BCUT2D eigenvalue weighted by atomic mass is 16.5. The number of fused-ring (bicyclic) bond motifs is 1. The van der Waals surface area contributed by atoms with Crippen LogP contribution in [0, 0.1) is 0 Å². The summed E-state index contributed by atoms with van der Waals surface area (Å²) in [7, 11) is 0. The Kier molecular flexibility index (Phi) is 5.24. The van der Waals surface area contributed by atoms with E-state index in [9.17, 15) is 14.4 Å². The van der Waals surface area contributed by atoms with E-state index >= 15 is 0 Å². The molecular formula is C16H16N2O5. The third kappa shape index (κ3) is 4.26. The molecule has 1 aromatic heterocycles. The maximum absolute atomic E-state index is 12.2. The minimum Gasteiger partial charge on any atom is -0.480 e. The van der Waals surface area contributed by atoms with Crippen LogP contribution in [0.2, 0.25) is 0 Å². The fraction of sp³-hybridized carbons (Fsp3) is 0.250. The van der Waals surface area contributed by atoms with Crippen molar-refractivity contribution in [1.82, 2.24) is 10.3 Å². The van der Waals surface area contributed by atoms with Crippen LogP contribution in [0.15, 0.2) is 36.5 Å². The number of pyridine rings is 1. The molecule has 2 N–H and O–H groups in total. The number of ether oxygens (including phenoxy) is 1. The summed E-state index contributed by atoms with van der Waals surface area (Å²) in [4.78, 5) is 38.9. The van der Waals surface area contributed by atoms with Gasteiger partial charge in [0.25, 0.3) is 5.91 Å². The molecule has 1 atom stereocenters. The first-order valence-electron chi connectivity index (χ1n) is 7.05. The van der Waals surface area contributed by atoms with E-state index < -0.39 is 30.3 Å². The van der Waals surface area contributed by atoms with Crippen LogP contribution in [0.3, 0.4) is 0 Å². The van der Waals surface area contributed by atoms with Crippen molar-refractivity contribution < 1.29 is 24.2 Å². The van der Waals surface area contributed by atoms with Gasteiger partial charge in [-0.1, -0.05) is 18.2 Å².